The molecule has 1 amide bonds. The molecular formula is C23H29N3O. The van der Waals surface area contributed by atoms with E-state index in [2.05, 4.69) is 54.4 Å². The van der Waals surface area contributed by atoms with Crippen molar-refractivity contribution in [3.8, 4) is 11.1 Å². The number of carbonyl (C=O) groups is 1. The minimum atomic E-state index is -0.291. The fraction of sp³-hybridized carbons (Fsp3) is 0.435. The maximum Gasteiger partial charge on any atom is 0.251 e. The maximum atomic E-state index is 12.6. The first-order chi connectivity index (χ1) is 13.1. The number of carbonyl (C=O) groups excluding carboxylic acids is 1. The normalized spacial score (nSPS) is 18.3. The molecule has 0 saturated carbocycles. The van der Waals surface area contributed by atoms with E-state index in [1.165, 1.54) is 27.8 Å². The molecular weight excluding hydrogens is 334 g/mol. The molecule has 0 radical (unpaired) electrons. The fourth-order valence-electron chi connectivity index (χ4n) is 4.77. The van der Waals surface area contributed by atoms with E-state index in [1.54, 1.807) is 0 Å². The fourth-order valence-corrected chi connectivity index (χ4v) is 4.77. The van der Waals surface area contributed by atoms with Gasteiger partial charge in [0.25, 0.3) is 5.91 Å². The highest BCUT2D eigenvalue weighted by atomic mass is 16.1. The van der Waals surface area contributed by atoms with Gasteiger partial charge in [0.2, 0.25) is 0 Å². The molecule has 3 N–H and O–H groups in total. The van der Waals surface area contributed by atoms with Crippen LogP contribution in [-0.4, -0.2) is 32.1 Å². The van der Waals surface area contributed by atoms with Crippen molar-refractivity contribution in [2.45, 2.75) is 39.0 Å². The highest BCUT2D eigenvalue weighted by Crippen LogP contribution is 2.49. The minimum Gasteiger partial charge on any atom is -0.368 e. The summed E-state index contributed by atoms with van der Waals surface area (Å²) >= 11 is 0. The molecule has 0 aromatic heterocycles. The molecule has 1 heterocycles. The van der Waals surface area contributed by atoms with Crippen LogP contribution in [0.15, 0.2) is 30.3 Å². The molecule has 1 saturated heterocycles. The number of hydrogen-bond acceptors (Lipinski definition) is 3. The van der Waals surface area contributed by atoms with Gasteiger partial charge in [-0.25, -0.2) is 0 Å². The predicted octanol–water partition coefficient (Wildman–Crippen LogP) is 3.67. The van der Waals surface area contributed by atoms with Gasteiger partial charge in [0.1, 0.15) is 0 Å². The number of nitrogens with two attached hydrogens (primary N) is 1. The van der Waals surface area contributed by atoms with Crippen molar-refractivity contribution < 1.29 is 4.79 Å². The lowest BCUT2D eigenvalue weighted by Crippen LogP contribution is -2.44. The predicted molar refractivity (Wildman–Crippen MR) is 112 cm³/mol. The van der Waals surface area contributed by atoms with Crippen LogP contribution in [0.2, 0.25) is 0 Å². The molecule has 27 heavy (non-hydrogen) atoms. The van der Waals surface area contributed by atoms with Crippen LogP contribution in [0.3, 0.4) is 0 Å². The van der Waals surface area contributed by atoms with Crippen LogP contribution in [0.5, 0.6) is 0 Å². The number of fused-ring (bicyclic) bond motifs is 3. The van der Waals surface area contributed by atoms with E-state index in [1.807, 2.05) is 0 Å². The lowest BCUT2D eigenvalue weighted by atomic mass is 9.86. The molecule has 2 aliphatic rings. The van der Waals surface area contributed by atoms with E-state index in [4.69, 9.17) is 5.73 Å². The Morgan fingerprint density at radius 3 is 2.67 bits per heavy atom. The Labute approximate surface area is 161 Å². The van der Waals surface area contributed by atoms with Crippen molar-refractivity contribution >= 4 is 11.6 Å². The van der Waals surface area contributed by atoms with Crippen LogP contribution >= 0.6 is 0 Å². The summed E-state index contributed by atoms with van der Waals surface area (Å²) in [5.41, 5.74) is 14.2. The number of primary amides is 1. The molecule has 4 heteroatoms. The Bertz CT molecular complexity index is 868. The number of benzene rings is 2. The van der Waals surface area contributed by atoms with Crippen molar-refractivity contribution in [3.05, 3.63) is 52.6 Å². The molecule has 2 aromatic rings. The molecule has 0 spiro atoms. The van der Waals surface area contributed by atoms with Crippen LogP contribution in [-0.2, 0) is 6.42 Å². The number of nitrogens with zero attached hydrogens (tertiary/aromatic N) is 1. The Morgan fingerprint density at radius 2 is 1.96 bits per heavy atom. The molecule has 1 atom stereocenters. The van der Waals surface area contributed by atoms with Gasteiger partial charge in [-0.3, -0.25) is 4.79 Å². The molecule has 0 bridgehead atoms. The largest absolute Gasteiger partial charge is 0.368 e. The van der Waals surface area contributed by atoms with Crippen LogP contribution in [0.25, 0.3) is 11.1 Å². The molecule has 4 rings (SSSR count). The lowest BCUT2D eigenvalue weighted by Gasteiger charge is -2.32. The van der Waals surface area contributed by atoms with Gasteiger partial charge in [0.05, 0.1) is 11.3 Å². The van der Waals surface area contributed by atoms with Gasteiger partial charge in [-0.1, -0.05) is 44.5 Å². The van der Waals surface area contributed by atoms with Gasteiger partial charge in [-0.2, -0.15) is 0 Å². The average molecular weight is 364 g/mol. The van der Waals surface area contributed by atoms with Crippen LogP contribution in [0, 0.1) is 0 Å². The van der Waals surface area contributed by atoms with E-state index in [9.17, 15) is 4.79 Å². The zero-order chi connectivity index (χ0) is 19.0. The third-order valence-corrected chi connectivity index (χ3v) is 6.09. The average Bonchev–Trinajstić information content (AvgIpc) is 2.98. The number of nitrogens with one attached hydrogen (secondary N) is 1. The van der Waals surface area contributed by atoms with Gasteiger partial charge < -0.3 is 16.0 Å². The lowest BCUT2D eigenvalue weighted by molar-refractivity contribution is 0.0999. The molecule has 1 fully saturated rings. The number of piperazine rings is 1. The van der Waals surface area contributed by atoms with E-state index in [-0.39, 0.29) is 5.91 Å². The molecule has 4 nitrogen and oxygen atoms in total. The van der Waals surface area contributed by atoms with Crippen molar-refractivity contribution in [1.29, 1.82) is 0 Å². The van der Waals surface area contributed by atoms with Gasteiger partial charge >= 0.3 is 0 Å². The zero-order valence-corrected chi connectivity index (χ0v) is 16.3. The first kappa shape index (κ1) is 18.1. The third kappa shape index (κ3) is 3.02. The second-order valence-electron chi connectivity index (χ2n) is 7.72. The van der Waals surface area contributed by atoms with E-state index in [0.717, 1.165) is 56.7 Å². The number of unbranched alkanes of at least 4 members (excludes halogenated alkanes) is 1. The third-order valence-electron chi connectivity index (χ3n) is 6.09. The quantitative estimate of drug-likeness (QED) is 0.852. The van der Waals surface area contributed by atoms with Crippen LogP contribution in [0.4, 0.5) is 5.69 Å². The Morgan fingerprint density at radius 1 is 1.22 bits per heavy atom. The van der Waals surface area contributed by atoms with Crippen molar-refractivity contribution in [2.75, 3.05) is 31.1 Å². The topological polar surface area (TPSA) is 58.4 Å². The standard InChI is InChI=1S/C23H29N3O/c1-3-4-7-18-21-15(2)16-8-5-6-9-17(16)19(21)14-20(22(18)23(24)27)26-12-10-25-11-13-26/h5-6,8-9,14-15,25H,3-4,7,10-13H2,1-2H3,(H2,24,27). The van der Waals surface area contributed by atoms with Gasteiger partial charge in [-0.05, 0) is 46.7 Å². The molecule has 1 unspecified atom stereocenters. The van der Waals surface area contributed by atoms with E-state index < -0.39 is 0 Å². The second-order valence-corrected chi connectivity index (χ2v) is 7.72. The molecule has 2 aromatic carbocycles. The molecule has 1 aliphatic heterocycles. The monoisotopic (exact) mass is 363 g/mol. The van der Waals surface area contributed by atoms with Gasteiger partial charge in [0.15, 0.2) is 0 Å². The van der Waals surface area contributed by atoms with Gasteiger partial charge in [-0.15, -0.1) is 0 Å². The maximum absolute atomic E-state index is 12.6. The Hall–Kier alpha value is -2.33. The summed E-state index contributed by atoms with van der Waals surface area (Å²) in [6, 6.07) is 10.9. The first-order valence-corrected chi connectivity index (χ1v) is 10.2. The summed E-state index contributed by atoms with van der Waals surface area (Å²) in [5, 5.41) is 3.40. The highest BCUT2D eigenvalue weighted by molar-refractivity contribution is 6.03. The summed E-state index contributed by atoms with van der Waals surface area (Å²) in [6.45, 7) is 8.14. The second kappa shape index (κ2) is 7.35. The van der Waals surface area contributed by atoms with Crippen molar-refractivity contribution in [1.82, 2.24) is 5.32 Å². The van der Waals surface area contributed by atoms with E-state index >= 15 is 0 Å². The number of anilines is 1. The SMILES string of the molecule is CCCCc1c(C(N)=O)c(N2CCNCC2)cc2c1C(C)c1ccccc1-2. The smallest absolute Gasteiger partial charge is 0.251 e. The minimum absolute atomic E-state index is 0.291. The molecule has 1 aliphatic carbocycles. The Kier molecular flexibility index (Phi) is 4.92. The van der Waals surface area contributed by atoms with E-state index in [0.29, 0.717) is 5.92 Å². The summed E-state index contributed by atoms with van der Waals surface area (Å²) < 4.78 is 0. The summed E-state index contributed by atoms with van der Waals surface area (Å²) in [6.07, 6.45) is 3.09. The summed E-state index contributed by atoms with van der Waals surface area (Å²) in [4.78, 5) is 14.9. The van der Waals surface area contributed by atoms with Crippen LogP contribution < -0.4 is 16.0 Å². The Balaban J connectivity index is 1.97. The van der Waals surface area contributed by atoms with Crippen LogP contribution in [0.1, 0.15) is 59.7 Å². The summed E-state index contributed by atoms with van der Waals surface area (Å²) in [7, 11) is 0. The van der Waals surface area contributed by atoms with Crippen molar-refractivity contribution in [3.63, 3.8) is 0 Å². The summed E-state index contributed by atoms with van der Waals surface area (Å²) in [5.74, 6) is 0.0128. The van der Waals surface area contributed by atoms with Crippen molar-refractivity contribution in [2.24, 2.45) is 5.73 Å². The highest BCUT2D eigenvalue weighted by Gasteiger charge is 2.33. The number of amides is 1. The first-order valence-electron chi connectivity index (χ1n) is 10.2. The zero-order valence-electron chi connectivity index (χ0n) is 16.3. The molecule has 142 valence electrons. The number of rotatable bonds is 5. The number of hydrogen-bond donors (Lipinski definition) is 2. The van der Waals surface area contributed by atoms with Gasteiger partial charge in [0, 0.05) is 32.1 Å².